The van der Waals surface area contributed by atoms with Crippen LogP contribution in [0.25, 0.3) is 5.65 Å². The van der Waals surface area contributed by atoms with Gasteiger partial charge in [-0.15, -0.1) is 0 Å². The predicted molar refractivity (Wildman–Crippen MR) is 116 cm³/mol. The summed E-state index contributed by atoms with van der Waals surface area (Å²) in [5, 5.41) is 4.69. The number of likely N-dealkylation sites (tertiary alicyclic amines) is 1. The van der Waals surface area contributed by atoms with Crippen molar-refractivity contribution in [1.82, 2.24) is 19.5 Å². The average molecular weight is 397 g/mol. The summed E-state index contributed by atoms with van der Waals surface area (Å²) in [7, 11) is 0. The largest absolute Gasteiger partial charge is 0.337 e. The topological polar surface area (TPSA) is 50.5 Å². The van der Waals surface area contributed by atoms with Crippen molar-refractivity contribution >= 4 is 11.6 Å². The summed E-state index contributed by atoms with van der Waals surface area (Å²) in [4.78, 5) is 19.9. The molecule has 2 aliphatic rings. The van der Waals surface area contributed by atoms with Gasteiger partial charge in [0.15, 0.2) is 11.3 Å². The zero-order chi connectivity index (χ0) is 20.2. The minimum atomic E-state index is 0.0656. The van der Waals surface area contributed by atoms with E-state index in [1.165, 1.54) is 51.4 Å². The molecule has 5 nitrogen and oxygen atoms in total. The number of carbonyl (C=O) groups is 1. The van der Waals surface area contributed by atoms with Crippen LogP contribution in [0.5, 0.6) is 0 Å². The molecule has 1 aliphatic heterocycles. The van der Waals surface area contributed by atoms with E-state index in [9.17, 15) is 4.79 Å². The molecule has 1 saturated heterocycles. The summed E-state index contributed by atoms with van der Waals surface area (Å²) in [5.41, 5.74) is 3.68. The molecule has 3 heterocycles. The number of nitrogens with zero attached hydrogens (tertiary/aromatic N) is 4. The van der Waals surface area contributed by atoms with Crippen molar-refractivity contribution in [3.63, 3.8) is 0 Å². The molecule has 0 spiro atoms. The minimum absolute atomic E-state index is 0.0656. The Morgan fingerprint density at radius 3 is 2.41 bits per heavy atom. The van der Waals surface area contributed by atoms with Gasteiger partial charge in [0.25, 0.3) is 5.91 Å². The third-order valence-corrected chi connectivity index (χ3v) is 6.75. The van der Waals surface area contributed by atoms with Crippen LogP contribution in [0, 0.1) is 5.92 Å². The first-order chi connectivity index (χ1) is 14.1. The highest BCUT2D eigenvalue weighted by Crippen LogP contribution is 2.28. The van der Waals surface area contributed by atoms with Gasteiger partial charge in [0.1, 0.15) is 0 Å². The Labute approximate surface area is 174 Å². The summed E-state index contributed by atoms with van der Waals surface area (Å²) in [6.45, 7) is 6.09. The van der Waals surface area contributed by atoms with Crippen molar-refractivity contribution in [2.75, 3.05) is 13.1 Å². The summed E-state index contributed by atoms with van der Waals surface area (Å²) in [6.07, 6.45) is 13.8. The van der Waals surface area contributed by atoms with E-state index in [1.807, 2.05) is 15.5 Å². The van der Waals surface area contributed by atoms with Crippen LogP contribution in [0.4, 0.5) is 0 Å². The van der Waals surface area contributed by atoms with Gasteiger partial charge in [-0.25, -0.2) is 9.50 Å². The highest BCUT2D eigenvalue weighted by Gasteiger charge is 2.22. The lowest BCUT2D eigenvalue weighted by Gasteiger charge is -2.21. The summed E-state index contributed by atoms with van der Waals surface area (Å²) >= 11 is 0. The number of hydrogen-bond donors (Lipinski definition) is 0. The van der Waals surface area contributed by atoms with Crippen LogP contribution in [0.15, 0.2) is 12.1 Å². The first-order valence-corrected chi connectivity index (χ1v) is 11.8. The molecular formula is C24H36N4O. The lowest BCUT2D eigenvalue weighted by molar-refractivity contribution is 0.0755. The fourth-order valence-electron chi connectivity index (χ4n) is 4.96. The molecule has 0 aromatic carbocycles. The molecule has 158 valence electrons. The number of hydrogen-bond acceptors (Lipinski definition) is 3. The standard InChI is InChI=1S/C24H36N4O/c1-18(2)22-16-20(13-12-19-10-6-5-7-11-19)25-23-17-21(26-28(22)23)24(29)27-14-8-3-4-9-15-27/h16-19H,3-15H2,1-2H3. The van der Waals surface area contributed by atoms with E-state index in [0.717, 1.165) is 55.3 Å². The van der Waals surface area contributed by atoms with Crippen LogP contribution in [-0.4, -0.2) is 38.5 Å². The molecule has 0 unspecified atom stereocenters. The molecule has 1 amide bonds. The fraction of sp³-hybridized carbons (Fsp3) is 0.708. The van der Waals surface area contributed by atoms with Crippen molar-refractivity contribution in [3.05, 3.63) is 29.2 Å². The Balaban J connectivity index is 1.56. The predicted octanol–water partition coefficient (Wildman–Crippen LogP) is 5.38. The molecule has 2 fully saturated rings. The normalized spacial score (nSPS) is 19.1. The molecular weight excluding hydrogens is 360 g/mol. The van der Waals surface area contributed by atoms with Gasteiger partial charge in [-0.05, 0) is 43.6 Å². The number of aryl methyl sites for hydroxylation is 1. The quantitative estimate of drug-likeness (QED) is 0.681. The Morgan fingerprint density at radius 1 is 1.03 bits per heavy atom. The number of aromatic nitrogens is 3. The highest BCUT2D eigenvalue weighted by atomic mass is 16.2. The molecule has 0 N–H and O–H groups in total. The molecule has 0 radical (unpaired) electrons. The third kappa shape index (κ3) is 4.81. The van der Waals surface area contributed by atoms with Crippen LogP contribution in [0.2, 0.25) is 0 Å². The average Bonchev–Trinajstić information content (AvgIpc) is 2.97. The molecule has 5 heteroatoms. The second kappa shape index (κ2) is 9.27. The monoisotopic (exact) mass is 396 g/mol. The number of amides is 1. The number of fused-ring (bicyclic) bond motifs is 1. The molecule has 29 heavy (non-hydrogen) atoms. The molecule has 0 atom stereocenters. The molecule has 1 aliphatic carbocycles. The van der Waals surface area contributed by atoms with E-state index >= 15 is 0 Å². The van der Waals surface area contributed by atoms with Gasteiger partial charge in [-0.1, -0.05) is 58.8 Å². The molecule has 1 saturated carbocycles. The van der Waals surface area contributed by atoms with E-state index in [-0.39, 0.29) is 5.91 Å². The summed E-state index contributed by atoms with van der Waals surface area (Å²) in [6, 6.07) is 4.12. The van der Waals surface area contributed by atoms with Crippen molar-refractivity contribution in [1.29, 1.82) is 0 Å². The Kier molecular flexibility index (Phi) is 6.51. The van der Waals surface area contributed by atoms with E-state index in [2.05, 4.69) is 19.9 Å². The lowest BCUT2D eigenvalue weighted by atomic mass is 9.86. The molecule has 0 bridgehead atoms. The fourth-order valence-corrected chi connectivity index (χ4v) is 4.96. The van der Waals surface area contributed by atoms with Gasteiger partial charge < -0.3 is 4.90 Å². The van der Waals surface area contributed by atoms with Gasteiger partial charge in [-0.2, -0.15) is 5.10 Å². The lowest BCUT2D eigenvalue weighted by Crippen LogP contribution is -2.32. The Morgan fingerprint density at radius 2 is 1.72 bits per heavy atom. The van der Waals surface area contributed by atoms with Gasteiger partial charge in [0.2, 0.25) is 0 Å². The maximum absolute atomic E-state index is 13.0. The van der Waals surface area contributed by atoms with E-state index in [0.29, 0.717) is 11.6 Å². The van der Waals surface area contributed by atoms with Gasteiger partial charge >= 0.3 is 0 Å². The van der Waals surface area contributed by atoms with E-state index < -0.39 is 0 Å². The van der Waals surface area contributed by atoms with Crippen LogP contribution in [0.3, 0.4) is 0 Å². The molecule has 4 rings (SSSR count). The number of rotatable bonds is 5. The van der Waals surface area contributed by atoms with Crippen LogP contribution < -0.4 is 0 Å². The first kappa shape index (κ1) is 20.4. The zero-order valence-corrected chi connectivity index (χ0v) is 18.2. The van der Waals surface area contributed by atoms with E-state index in [1.54, 1.807) is 0 Å². The Bertz CT molecular complexity index is 827. The second-order valence-electron chi connectivity index (χ2n) is 9.38. The zero-order valence-electron chi connectivity index (χ0n) is 18.2. The van der Waals surface area contributed by atoms with Crippen molar-refractivity contribution in [3.8, 4) is 0 Å². The van der Waals surface area contributed by atoms with Crippen molar-refractivity contribution in [2.45, 2.75) is 90.4 Å². The Hall–Kier alpha value is -1.91. The van der Waals surface area contributed by atoms with Gasteiger partial charge in [0.05, 0.1) is 0 Å². The van der Waals surface area contributed by atoms with E-state index in [4.69, 9.17) is 10.1 Å². The maximum atomic E-state index is 13.0. The highest BCUT2D eigenvalue weighted by molar-refractivity contribution is 5.93. The smallest absolute Gasteiger partial charge is 0.274 e. The van der Waals surface area contributed by atoms with Gasteiger partial charge in [-0.3, -0.25) is 4.79 Å². The van der Waals surface area contributed by atoms with Crippen LogP contribution in [0.1, 0.15) is 106 Å². The van der Waals surface area contributed by atoms with Crippen LogP contribution >= 0.6 is 0 Å². The molecule has 2 aromatic heterocycles. The van der Waals surface area contributed by atoms with Gasteiger partial charge in [0, 0.05) is 30.5 Å². The minimum Gasteiger partial charge on any atom is -0.337 e. The van der Waals surface area contributed by atoms with Crippen LogP contribution in [-0.2, 0) is 6.42 Å². The summed E-state index contributed by atoms with van der Waals surface area (Å²) < 4.78 is 1.90. The summed E-state index contributed by atoms with van der Waals surface area (Å²) in [5.74, 6) is 1.26. The second-order valence-corrected chi connectivity index (χ2v) is 9.38. The molecule has 2 aromatic rings. The SMILES string of the molecule is CC(C)c1cc(CCC2CCCCC2)nc2cc(C(=O)N3CCCCCC3)nn12. The van der Waals surface area contributed by atoms with Crippen molar-refractivity contribution < 1.29 is 4.79 Å². The third-order valence-electron chi connectivity index (χ3n) is 6.75. The maximum Gasteiger partial charge on any atom is 0.274 e. The first-order valence-electron chi connectivity index (χ1n) is 11.8. The van der Waals surface area contributed by atoms with Crippen molar-refractivity contribution in [2.24, 2.45) is 5.92 Å². The number of carbonyl (C=O) groups excluding carboxylic acids is 1.